The summed E-state index contributed by atoms with van der Waals surface area (Å²) in [5.74, 6) is -0.512. The van der Waals surface area contributed by atoms with E-state index in [4.69, 9.17) is 0 Å². The van der Waals surface area contributed by atoms with Crippen LogP contribution in [0.4, 0.5) is 4.39 Å². The molecule has 1 heterocycles. The molecule has 4 atom stereocenters. The van der Waals surface area contributed by atoms with E-state index in [1.165, 1.54) is 12.3 Å². The minimum Gasteiger partial charge on any atom is -0.386 e. The van der Waals surface area contributed by atoms with Crippen molar-refractivity contribution in [2.75, 3.05) is 0 Å². The SMILES string of the molecule is CC(C)C1CCC[C@@H](C)C1(O)C(O)c1ccnc(Br)c1F. The van der Waals surface area contributed by atoms with Gasteiger partial charge < -0.3 is 10.2 Å². The van der Waals surface area contributed by atoms with Crippen molar-refractivity contribution in [2.24, 2.45) is 17.8 Å². The molecule has 0 aliphatic heterocycles. The first-order chi connectivity index (χ1) is 9.80. The van der Waals surface area contributed by atoms with E-state index in [9.17, 15) is 14.6 Å². The fourth-order valence-electron chi connectivity index (χ4n) is 3.70. The Balaban J connectivity index is 2.46. The molecule has 21 heavy (non-hydrogen) atoms. The molecule has 1 saturated carbocycles. The summed E-state index contributed by atoms with van der Waals surface area (Å²) >= 11 is 3.04. The standard InChI is InChI=1S/C16H23BrFNO2/c1-9(2)12-6-4-5-10(3)16(12,21)14(20)11-7-8-19-15(17)13(11)18/h7-10,12,14,20-21H,4-6H2,1-3H3/t10-,12?,14?,16?/m1/s1. The predicted molar refractivity (Wildman–Crippen MR) is 83.1 cm³/mol. The molecule has 0 radical (unpaired) electrons. The van der Waals surface area contributed by atoms with E-state index in [-0.39, 0.29) is 27.9 Å². The van der Waals surface area contributed by atoms with E-state index in [2.05, 4.69) is 20.9 Å². The summed E-state index contributed by atoms with van der Waals surface area (Å²) in [6.45, 7) is 6.02. The zero-order valence-electron chi connectivity index (χ0n) is 12.7. The molecule has 1 aromatic rings. The number of rotatable bonds is 3. The van der Waals surface area contributed by atoms with Crippen LogP contribution in [-0.4, -0.2) is 20.8 Å². The number of pyridine rings is 1. The highest BCUT2D eigenvalue weighted by molar-refractivity contribution is 9.10. The summed E-state index contributed by atoms with van der Waals surface area (Å²) in [4.78, 5) is 3.81. The molecule has 0 spiro atoms. The maximum atomic E-state index is 14.3. The maximum absolute atomic E-state index is 14.3. The Kier molecular flexibility index (Phi) is 5.06. The molecule has 5 heteroatoms. The third-order valence-corrected chi connectivity index (χ3v) is 5.50. The molecular weight excluding hydrogens is 337 g/mol. The summed E-state index contributed by atoms with van der Waals surface area (Å²) in [6, 6.07) is 1.45. The third kappa shape index (κ3) is 2.88. The molecule has 0 aromatic carbocycles. The second kappa shape index (κ2) is 6.31. The van der Waals surface area contributed by atoms with Gasteiger partial charge in [0.15, 0.2) is 5.82 Å². The molecular formula is C16H23BrFNO2. The molecule has 3 unspecified atom stereocenters. The van der Waals surface area contributed by atoms with Crippen molar-refractivity contribution in [3.63, 3.8) is 0 Å². The van der Waals surface area contributed by atoms with Gasteiger partial charge in [-0.05, 0) is 52.6 Å². The Morgan fingerprint density at radius 3 is 2.71 bits per heavy atom. The van der Waals surface area contributed by atoms with Crippen LogP contribution in [0.3, 0.4) is 0 Å². The number of hydrogen-bond donors (Lipinski definition) is 2. The summed E-state index contributed by atoms with van der Waals surface area (Å²) in [5.41, 5.74) is -1.20. The van der Waals surface area contributed by atoms with Crippen LogP contribution in [0.5, 0.6) is 0 Å². The molecule has 1 fully saturated rings. The van der Waals surface area contributed by atoms with E-state index in [0.29, 0.717) is 0 Å². The Morgan fingerprint density at radius 2 is 2.10 bits per heavy atom. The van der Waals surface area contributed by atoms with E-state index in [0.717, 1.165) is 19.3 Å². The van der Waals surface area contributed by atoms with Gasteiger partial charge in [0.05, 0.1) is 0 Å². The van der Waals surface area contributed by atoms with Gasteiger partial charge in [-0.25, -0.2) is 9.37 Å². The van der Waals surface area contributed by atoms with Gasteiger partial charge in [0.2, 0.25) is 0 Å². The van der Waals surface area contributed by atoms with E-state index in [1.807, 2.05) is 20.8 Å². The van der Waals surface area contributed by atoms with Gasteiger partial charge in [-0.15, -0.1) is 0 Å². The van der Waals surface area contributed by atoms with Crippen LogP contribution in [-0.2, 0) is 0 Å². The summed E-state index contributed by atoms with van der Waals surface area (Å²) in [5, 5.41) is 22.0. The fraction of sp³-hybridized carbons (Fsp3) is 0.688. The summed E-state index contributed by atoms with van der Waals surface area (Å²) < 4.78 is 14.3. The topological polar surface area (TPSA) is 53.4 Å². The molecule has 1 aliphatic carbocycles. The third-order valence-electron chi connectivity index (χ3n) is 4.95. The number of aliphatic hydroxyl groups excluding tert-OH is 1. The van der Waals surface area contributed by atoms with Gasteiger partial charge in [-0.1, -0.05) is 27.2 Å². The van der Waals surface area contributed by atoms with Crippen LogP contribution in [0, 0.1) is 23.6 Å². The Hall–Kier alpha value is -0.520. The highest BCUT2D eigenvalue weighted by Gasteiger charge is 2.51. The highest BCUT2D eigenvalue weighted by atomic mass is 79.9. The number of halogens is 2. The van der Waals surface area contributed by atoms with Crippen molar-refractivity contribution in [2.45, 2.75) is 51.7 Å². The molecule has 2 rings (SSSR count). The van der Waals surface area contributed by atoms with Crippen molar-refractivity contribution < 1.29 is 14.6 Å². The second-order valence-corrected chi connectivity index (χ2v) is 7.23. The monoisotopic (exact) mass is 359 g/mol. The first kappa shape index (κ1) is 16.8. The predicted octanol–water partition coefficient (Wildman–Crippen LogP) is 3.84. The average Bonchev–Trinajstić information content (AvgIpc) is 2.43. The number of aromatic nitrogens is 1. The van der Waals surface area contributed by atoms with Gasteiger partial charge in [0, 0.05) is 11.8 Å². The Labute approximate surface area is 133 Å². The minimum absolute atomic E-state index is 0.0532. The zero-order valence-corrected chi connectivity index (χ0v) is 14.3. The normalized spacial score (nSPS) is 31.4. The largest absolute Gasteiger partial charge is 0.386 e. The smallest absolute Gasteiger partial charge is 0.161 e. The lowest BCUT2D eigenvalue weighted by molar-refractivity contribution is -0.177. The molecule has 118 valence electrons. The van der Waals surface area contributed by atoms with E-state index in [1.54, 1.807) is 0 Å². The van der Waals surface area contributed by atoms with Crippen molar-refractivity contribution >= 4 is 15.9 Å². The Bertz CT molecular complexity index is 511. The second-order valence-electron chi connectivity index (χ2n) is 6.48. The summed E-state index contributed by atoms with van der Waals surface area (Å²) in [6.07, 6.45) is 2.90. The molecule has 0 amide bonds. The number of nitrogens with zero attached hydrogens (tertiary/aromatic N) is 1. The van der Waals surface area contributed by atoms with Crippen molar-refractivity contribution in [1.29, 1.82) is 0 Å². The van der Waals surface area contributed by atoms with Gasteiger partial charge in [-0.2, -0.15) is 0 Å². The van der Waals surface area contributed by atoms with Crippen LogP contribution >= 0.6 is 15.9 Å². The molecule has 1 aromatic heterocycles. The van der Waals surface area contributed by atoms with E-state index < -0.39 is 17.5 Å². The van der Waals surface area contributed by atoms with Gasteiger partial charge >= 0.3 is 0 Å². The lowest BCUT2D eigenvalue weighted by Crippen LogP contribution is -2.53. The number of hydrogen-bond acceptors (Lipinski definition) is 3. The summed E-state index contributed by atoms with van der Waals surface area (Å²) in [7, 11) is 0. The van der Waals surface area contributed by atoms with Gasteiger partial charge in [0.1, 0.15) is 16.3 Å². The highest BCUT2D eigenvalue weighted by Crippen LogP contribution is 2.49. The first-order valence-corrected chi connectivity index (χ1v) is 8.29. The lowest BCUT2D eigenvalue weighted by Gasteiger charge is -2.49. The van der Waals surface area contributed by atoms with Crippen molar-refractivity contribution in [3.05, 3.63) is 28.2 Å². The molecule has 1 aliphatic rings. The molecule has 3 nitrogen and oxygen atoms in total. The average molecular weight is 360 g/mol. The zero-order chi connectivity index (χ0) is 15.8. The lowest BCUT2D eigenvalue weighted by atomic mass is 9.62. The Morgan fingerprint density at radius 1 is 1.43 bits per heavy atom. The fourth-order valence-corrected chi connectivity index (χ4v) is 4.05. The quantitative estimate of drug-likeness (QED) is 0.806. The van der Waals surface area contributed by atoms with Gasteiger partial charge in [-0.3, -0.25) is 0 Å². The van der Waals surface area contributed by atoms with Crippen molar-refractivity contribution in [3.8, 4) is 0 Å². The minimum atomic E-state index is -1.31. The van der Waals surface area contributed by atoms with Crippen LogP contribution < -0.4 is 0 Å². The van der Waals surface area contributed by atoms with E-state index >= 15 is 0 Å². The van der Waals surface area contributed by atoms with Crippen LogP contribution in [0.2, 0.25) is 0 Å². The van der Waals surface area contributed by atoms with Crippen LogP contribution in [0.15, 0.2) is 16.9 Å². The first-order valence-electron chi connectivity index (χ1n) is 7.50. The number of aliphatic hydroxyl groups is 2. The molecule has 2 N–H and O–H groups in total. The van der Waals surface area contributed by atoms with Gasteiger partial charge in [0.25, 0.3) is 0 Å². The van der Waals surface area contributed by atoms with Crippen LogP contribution in [0.1, 0.15) is 51.7 Å². The van der Waals surface area contributed by atoms with Crippen LogP contribution in [0.25, 0.3) is 0 Å². The molecule has 0 bridgehead atoms. The molecule has 0 saturated heterocycles. The van der Waals surface area contributed by atoms with Crippen molar-refractivity contribution in [1.82, 2.24) is 4.98 Å². The maximum Gasteiger partial charge on any atom is 0.161 e.